The predicted octanol–water partition coefficient (Wildman–Crippen LogP) is -0.0940. The van der Waals surface area contributed by atoms with Gasteiger partial charge in [-0.3, -0.25) is 4.79 Å². The molecule has 1 aliphatic rings. The van der Waals surface area contributed by atoms with Crippen LogP contribution < -0.4 is 5.73 Å². The zero-order chi connectivity index (χ0) is 12.5. The van der Waals surface area contributed by atoms with E-state index >= 15 is 0 Å². The van der Waals surface area contributed by atoms with Crippen molar-refractivity contribution < 1.29 is 9.53 Å². The molecule has 0 aromatic heterocycles. The second-order valence-corrected chi connectivity index (χ2v) is 4.52. The van der Waals surface area contributed by atoms with Gasteiger partial charge in [0, 0.05) is 46.3 Å². The minimum atomic E-state index is 0.212. The van der Waals surface area contributed by atoms with Gasteiger partial charge in [0.25, 0.3) is 0 Å². The fourth-order valence-electron chi connectivity index (χ4n) is 1.92. The summed E-state index contributed by atoms with van der Waals surface area (Å²) in [5.74, 6) is 0.212. The van der Waals surface area contributed by atoms with E-state index in [1.54, 1.807) is 4.90 Å². The number of hydrogen-bond donors (Lipinski definition) is 1. The molecule has 2 N–H and O–H groups in total. The number of nitrogens with zero attached hydrogens (tertiary/aromatic N) is 2. The molecule has 1 rings (SSSR count). The molecule has 0 unspecified atom stereocenters. The number of nitrogens with two attached hydrogens (primary N) is 1. The van der Waals surface area contributed by atoms with Crippen molar-refractivity contribution in [2.45, 2.75) is 19.3 Å². The van der Waals surface area contributed by atoms with E-state index < -0.39 is 0 Å². The number of rotatable bonds is 6. The number of carbonyl (C=O) groups excluding carboxylic acids is 1. The van der Waals surface area contributed by atoms with Crippen molar-refractivity contribution in [2.75, 3.05) is 53.0 Å². The van der Waals surface area contributed by atoms with Crippen molar-refractivity contribution in [3.8, 4) is 0 Å². The van der Waals surface area contributed by atoms with E-state index in [4.69, 9.17) is 10.5 Å². The smallest absolute Gasteiger partial charge is 0.223 e. The van der Waals surface area contributed by atoms with Crippen molar-refractivity contribution in [1.29, 1.82) is 0 Å². The maximum absolute atomic E-state index is 11.8. The minimum Gasteiger partial charge on any atom is -0.380 e. The fourth-order valence-corrected chi connectivity index (χ4v) is 1.92. The first-order valence-corrected chi connectivity index (χ1v) is 6.48. The van der Waals surface area contributed by atoms with Crippen LogP contribution in [0.4, 0.5) is 0 Å². The molecule has 1 fully saturated rings. The lowest BCUT2D eigenvalue weighted by atomic mass is 10.3. The lowest BCUT2D eigenvalue weighted by Gasteiger charge is -2.21. The normalized spacial score (nSPS) is 17.8. The molecule has 0 atom stereocenters. The third kappa shape index (κ3) is 6.00. The first kappa shape index (κ1) is 14.4. The largest absolute Gasteiger partial charge is 0.380 e. The minimum absolute atomic E-state index is 0.212. The van der Waals surface area contributed by atoms with Gasteiger partial charge in [-0.2, -0.15) is 0 Å². The van der Waals surface area contributed by atoms with Crippen LogP contribution in [0.15, 0.2) is 0 Å². The highest BCUT2D eigenvalue weighted by Gasteiger charge is 2.13. The summed E-state index contributed by atoms with van der Waals surface area (Å²) in [7, 11) is 1.85. The van der Waals surface area contributed by atoms with Gasteiger partial charge in [-0.05, 0) is 19.4 Å². The highest BCUT2D eigenvalue weighted by Crippen LogP contribution is 2.01. The van der Waals surface area contributed by atoms with Gasteiger partial charge < -0.3 is 20.3 Å². The van der Waals surface area contributed by atoms with Crippen LogP contribution in [0, 0.1) is 0 Å². The van der Waals surface area contributed by atoms with Gasteiger partial charge in [0.05, 0.1) is 6.61 Å². The van der Waals surface area contributed by atoms with E-state index in [2.05, 4.69) is 4.90 Å². The average Bonchev–Trinajstić information content (AvgIpc) is 2.61. The highest BCUT2D eigenvalue weighted by atomic mass is 16.5. The molecule has 17 heavy (non-hydrogen) atoms. The first-order valence-electron chi connectivity index (χ1n) is 6.48. The van der Waals surface area contributed by atoms with E-state index in [0.717, 1.165) is 52.2 Å². The van der Waals surface area contributed by atoms with Gasteiger partial charge in [0.15, 0.2) is 0 Å². The van der Waals surface area contributed by atoms with E-state index in [1.807, 2.05) is 7.05 Å². The summed E-state index contributed by atoms with van der Waals surface area (Å²) in [5, 5.41) is 0. The summed E-state index contributed by atoms with van der Waals surface area (Å²) in [5.41, 5.74) is 5.43. The maximum Gasteiger partial charge on any atom is 0.223 e. The molecule has 0 saturated carbocycles. The van der Waals surface area contributed by atoms with Crippen LogP contribution in [0.2, 0.25) is 0 Å². The lowest BCUT2D eigenvalue weighted by Crippen LogP contribution is -2.34. The third-order valence-corrected chi connectivity index (χ3v) is 3.08. The second kappa shape index (κ2) is 8.44. The number of hydrogen-bond acceptors (Lipinski definition) is 4. The van der Waals surface area contributed by atoms with Gasteiger partial charge in [0.1, 0.15) is 0 Å². The molecule has 1 heterocycles. The van der Waals surface area contributed by atoms with Crippen LogP contribution in [0.3, 0.4) is 0 Å². The van der Waals surface area contributed by atoms with Gasteiger partial charge in [-0.25, -0.2) is 0 Å². The molecule has 0 aromatic rings. The Balaban J connectivity index is 2.17. The molecule has 0 aliphatic carbocycles. The van der Waals surface area contributed by atoms with Crippen LogP contribution in [0.25, 0.3) is 0 Å². The number of carbonyl (C=O) groups is 1. The Morgan fingerprint density at radius 1 is 1.41 bits per heavy atom. The summed E-state index contributed by atoms with van der Waals surface area (Å²) in [4.78, 5) is 15.9. The predicted molar refractivity (Wildman–Crippen MR) is 67.8 cm³/mol. The Bertz CT molecular complexity index is 216. The molecule has 0 radical (unpaired) electrons. The van der Waals surface area contributed by atoms with Crippen LogP contribution in [0.1, 0.15) is 19.3 Å². The van der Waals surface area contributed by atoms with Gasteiger partial charge in [0.2, 0.25) is 5.91 Å². The summed E-state index contributed by atoms with van der Waals surface area (Å²) in [6.45, 7) is 5.87. The molecule has 5 nitrogen and oxygen atoms in total. The summed E-state index contributed by atoms with van der Waals surface area (Å²) in [6.07, 6.45) is 2.54. The van der Waals surface area contributed by atoms with E-state index in [0.29, 0.717) is 13.0 Å². The summed E-state index contributed by atoms with van der Waals surface area (Å²) in [6, 6.07) is 0. The van der Waals surface area contributed by atoms with E-state index in [1.165, 1.54) is 0 Å². The number of amides is 1. The molecule has 0 spiro atoms. The van der Waals surface area contributed by atoms with E-state index in [9.17, 15) is 4.79 Å². The van der Waals surface area contributed by atoms with Crippen LogP contribution in [-0.2, 0) is 9.53 Å². The van der Waals surface area contributed by atoms with Crippen molar-refractivity contribution in [3.05, 3.63) is 0 Å². The molecular formula is C12H25N3O2. The van der Waals surface area contributed by atoms with Crippen molar-refractivity contribution >= 4 is 5.91 Å². The summed E-state index contributed by atoms with van der Waals surface area (Å²) >= 11 is 0. The topological polar surface area (TPSA) is 58.8 Å². The Hall–Kier alpha value is -0.650. The van der Waals surface area contributed by atoms with Crippen LogP contribution in [0.5, 0.6) is 0 Å². The quantitative estimate of drug-likeness (QED) is 0.708. The summed E-state index contributed by atoms with van der Waals surface area (Å²) < 4.78 is 5.38. The molecular weight excluding hydrogens is 218 g/mol. The first-order chi connectivity index (χ1) is 8.24. The fraction of sp³-hybridized carbons (Fsp3) is 0.917. The Morgan fingerprint density at radius 3 is 3.00 bits per heavy atom. The molecule has 0 bridgehead atoms. The van der Waals surface area contributed by atoms with E-state index in [-0.39, 0.29) is 5.91 Å². The van der Waals surface area contributed by atoms with Crippen LogP contribution in [-0.4, -0.2) is 68.7 Å². The zero-order valence-corrected chi connectivity index (χ0v) is 10.9. The second-order valence-electron chi connectivity index (χ2n) is 4.52. The molecule has 1 aliphatic heterocycles. The molecule has 100 valence electrons. The Morgan fingerprint density at radius 2 is 2.24 bits per heavy atom. The Kier molecular flexibility index (Phi) is 7.16. The van der Waals surface area contributed by atoms with Crippen molar-refractivity contribution in [2.24, 2.45) is 5.73 Å². The van der Waals surface area contributed by atoms with Crippen LogP contribution >= 0.6 is 0 Å². The lowest BCUT2D eigenvalue weighted by molar-refractivity contribution is -0.130. The molecule has 1 amide bonds. The maximum atomic E-state index is 11.8. The van der Waals surface area contributed by atoms with Gasteiger partial charge in [-0.1, -0.05) is 0 Å². The molecule has 1 saturated heterocycles. The highest BCUT2D eigenvalue weighted by molar-refractivity contribution is 5.76. The monoisotopic (exact) mass is 243 g/mol. The SMILES string of the molecule is CN(CCCN)C(=O)CCN1CCCOCC1. The van der Waals surface area contributed by atoms with Gasteiger partial charge >= 0.3 is 0 Å². The zero-order valence-electron chi connectivity index (χ0n) is 10.9. The standard InChI is InChI=1S/C12H25N3O2/c1-14(6-2-5-13)12(16)4-8-15-7-3-10-17-11-9-15/h2-11,13H2,1H3. The average molecular weight is 243 g/mol. The molecule has 0 aromatic carbocycles. The van der Waals surface area contributed by atoms with Crippen molar-refractivity contribution in [3.63, 3.8) is 0 Å². The number of ether oxygens (including phenoxy) is 1. The molecule has 5 heteroatoms. The third-order valence-electron chi connectivity index (χ3n) is 3.08. The van der Waals surface area contributed by atoms with Crippen molar-refractivity contribution in [1.82, 2.24) is 9.80 Å². The van der Waals surface area contributed by atoms with Gasteiger partial charge in [-0.15, -0.1) is 0 Å². The Labute approximate surface area is 104 Å².